The molecule has 0 radical (unpaired) electrons. The number of piperazine rings is 1. The lowest BCUT2D eigenvalue weighted by Gasteiger charge is -2.32. The molecule has 3 rings (SSSR count). The van der Waals surface area contributed by atoms with Crippen molar-refractivity contribution in [2.45, 2.75) is 11.4 Å². The molecule has 24 heavy (non-hydrogen) atoms. The second-order valence-electron chi connectivity index (χ2n) is 6.28. The van der Waals surface area contributed by atoms with Crippen LogP contribution in [0.15, 0.2) is 53.4 Å². The summed E-state index contributed by atoms with van der Waals surface area (Å²) >= 11 is 0. The fourth-order valence-electron chi connectivity index (χ4n) is 2.93. The van der Waals surface area contributed by atoms with Crippen LogP contribution < -0.4 is 0 Å². The molecule has 6 heteroatoms. The Morgan fingerprint density at radius 3 is 2.25 bits per heavy atom. The molecule has 1 saturated heterocycles. The smallest absolute Gasteiger partial charge is 0.294 e. The highest BCUT2D eigenvalue weighted by molar-refractivity contribution is 7.85. The first-order chi connectivity index (χ1) is 11.4. The van der Waals surface area contributed by atoms with Crippen molar-refractivity contribution in [3.63, 3.8) is 0 Å². The van der Waals surface area contributed by atoms with Crippen LogP contribution in [0.2, 0.25) is 0 Å². The first-order valence-corrected chi connectivity index (χ1v) is 9.43. The van der Waals surface area contributed by atoms with Gasteiger partial charge in [0.2, 0.25) is 0 Å². The first-order valence-electron chi connectivity index (χ1n) is 7.99. The zero-order valence-corrected chi connectivity index (χ0v) is 14.5. The minimum absolute atomic E-state index is 0.0835. The van der Waals surface area contributed by atoms with E-state index in [9.17, 15) is 8.42 Å². The average molecular weight is 346 g/mol. The predicted octanol–water partition coefficient (Wildman–Crippen LogP) is 2.35. The van der Waals surface area contributed by atoms with Crippen molar-refractivity contribution in [1.82, 2.24) is 9.80 Å². The van der Waals surface area contributed by atoms with E-state index >= 15 is 0 Å². The van der Waals surface area contributed by atoms with Gasteiger partial charge in [-0.05, 0) is 41.9 Å². The van der Waals surface area contributed by atoms with E-state index in [0.717, 1.165) is 43.9 Å². The van der Waals surface area contributed by atoms with Gasteiger partial charge < -0.3 is 4.90 Å². The summed E-state index contributed by atoms with van der Waals surface area (Å²) < 4.78 is 31.3. The molecule has 1 aliphatic heterocycles. The van der Waals surface area contributed by atoms with Gasteiger partial charge in [-0.1, -0.05) is 30.3 Å². The molecule has 0 atom stereocenters. The molecule has 0 unspecified atom stereocenters. The molecule has 0 aliphatic carbocycles. The highest BCUT2D eigenvalue weighted by Gasteiger charge is 2.14. The van der Waals surface area contributed by atoms with Crippen molar-refractivity contribution in [1.29, 1.82) is 0 Å². The van der Waals surface area contributed by atoms with Crippen LogP contribution in [0.1, 0.15) is 5.56 Å². The lowest BCUT2D eigenvalue weighted by atomic mass is 10.0. The summed E-state index contributed by atoms with van der Waals surface area (Å²) in [6, 6.07) is 14.6. The van der Waals surface area contributed by atoms with E-state index in [0.29, 0.717) is 0 Å². The molecule has 5 nitrogen and oxygen atoms in total. The van der Waals surface area contributed by atoms with Crippen LogP contribution in [0.25, 0.3) is 11.1 Å². The zero-order valence-electron chi connectivity index (χ0n) is 13.7. The van der Waals surface area contributed by atoms with Gasteiger partial charge in [0, 0.05) is 32.7 Å². The molecule has 1 fully saturated rings. The Labute approximate surface area is 143 Å². The predicted molar refractivity (Wildman–Crippen MR) is 94.5 cm³/mol. The van der Waals surface area contributed by atoms with E-state index in [1.165, 1.54) is 17.7 Å². The topological polar surface area (TPSA) is 60.9 Å². The summed E-state index contributed by atoms with van der Waals surface area (Å²) in [6.07, 6.45) is 0. The van der Waals surface area contributed by atoms with Gasteiger partial charge in [-0.2, -0.15) is 8.42 Å². The van der Waals surface area contributed by atoms with Gasteiger partial charge in [0.15, 0.2) is 0 Å². The molecular weight excluding hydrogens is 324 g/mol. The maximum atomic E-state index is 11.1. The van der Waals surface area contributed by atoms with Crippen molar-refractivity contribution in [2.75, 3.05) is 33.2 Å². The second kappa shape index (κ2) is 7.03. The van der Waals surface area contributed by atoms with E-state index in [2.05, 4.69) is 29.0 Å². The van der Waals surface area contributed by atoms with E-state index in [4.69, 9.17) is 4.55 Å². The van der Waals surface area contributed by atoms with Crippen LogP contribution in [0, 0.1) is 0 Å². The SMILES string of the molecule is CN1CCN(Cc2cccc(-c3ccc(S(=O)(=O)O)cc3)c2)CC1. The van der Waals surface area contributed by atoms with Gasteiger partial charge in [-0.15, -0.1) is 0 Å². The minimum Gasteiger partial charge on any atom is -0.304 e. The van der Waals surface area contributed by atoms with Crippen molar-refractivity contribution in [2.24, 2.45) is 0 Å². The number of likely N-dealkylation sites (N-methyl/N-ethyl adjacent to an activating group) is 1. The highest BCUT2D eigenvalue weighted by Crippen LogP contribution is 2.23. The summed E-state index contributed by atoms with van der Waals surface area (Å²) in [6.45, 7) is 5.26. The highest BCUT2D eigenvalue weighted by atomic mass is 32.2. The third kappa shape index (κ3) is 4.21. The lowest BCUT2D eigenvalue weighted by molar-refractivity contribution is 0.148. The summed E-state index contributed by atoms with van der Waals surface area (Å²) in [4.78, 5) is 4.70. The fourth-order valence-corrected chi connectivity index (χ4v) is 3.41. The Morgan fingerprint density at radius 1 is 0.958 bits per heavy atom. The van der Waals surface area contributed by atoms with Crippen LogP contribution in [0.3, 0.4) is 0 Å². The molecule has 1 aliphatic rings. The van der Waals surface area contributed by atoms with Gasteiger partial charge in [0.05, 0.1) is 4.90 Å². The quantitative estimate of drug-likeness (QED) is 0.861. The third-order valence-electron chi connectivity index (χ3n) is 4.41. The van der Waals surface area contributed by atoms with Crippen LogP contribution in [0.5, 0.6) is 0 Å². The van der Waals surface area contributed by atoms with Crippen molar-refractivity contribution in [3.8, 4) is 11.1 Å². The van der Waals surface area contributed by atoms with Crippen molar-refractivity contribution in [3.05, 3.63) is 54.1 Å². The molecule has 2 aromatic carbocycles. The Morgan fingerprint density at radius 2 is 1.62 bits per heavy atom. The van der Waals surface area contributed by atoms with Gasteiger partial charge in [0.25, 0.3) is 10.1 Å². The molecule has 0 aromatic heterocycles. The molecule has 2 aromatic rings. The van der Waals surface area contributed by atoms with Crippen LogP contribution in [-0.4, -0.2) is 56.0 Å². The lowest BCUT2D eigenvalue weighted by Crippen LogP contribution is -2.43. The monoisotopic (exact) mass is 346 g/mol. The maximum Gasteiger partial charge on any atom is 0.294 e. The van der Waals surface area contributed by atoms with Crippen molar-refractivity contribution < 1.29 is 13.0 Å². The molecule has 128 valence electrons. The molecule has 0 saturated carbocycles. The molecule has 1 N–H and O–H groups in total. The van der Waals surface area contributed by atoms with Crippen LogP contribution in [0.4, 0.5) is 0 Å². The van der Waals surface area contributed by atoms with Crippen LogP contribution in [-0.2, 0) is 16.7 Å². The first kappa shape index (κ1) is 17.1. The average Bonchev–Trinajstić information content (AvgIpc) is 2.57. The number of rotatable bonds is 4. The van der Waals surface area contributed by atoms with E-state index in [1.807, 2.05) is 12.1 Å². The van der Waals surface area contributed by atoms with Crippen LogP contribution >= 0.6 is 0 Å². The maximum absolute atomic E-state index is 11.1. The normalized spacial score (nSPS) is 17.1. The number of benzene rings is 2. The van der Waals surface area contributed by atoms with Gasteiger partial charge in [-0.3, -0.25) is 9.45 Å². The summed E-state index contributed by atoms with van der Waals surface area (Å²) in [5, 5.41) is 0. The van der Waals surface area contributed by atoms with Gasteiger partial charge in [0.1, 0.15) is 0 Å². The molecule has 0 spiro atoms. The zero-order chi connectivity index (χ0) is 17.2. The van der Waals surface area contributed by atoms with E-state index < -0.39 is 10.1 Å². The third-order valence-corrected chi connectivity index (χ3v) is 5.28. The molecule has 0 amide bonds. The van der Waals surface area contributed by atoms with E-state index in [-0.39, 0.29) is 4.90 Å². The standard InChI is InChI=1S/C18H22N2O3S/c1-19-9-11-20(12-10-19)14-15-3-2-4-17(13-15)16-5-7-18(8-6-16)24(21,22)23/h2-8,13H,9-12,14H2,1H3,(H,21,22,23). The Kier molecular flexibility index (Phi) is 5.01. The number of hydrogen-bond donors (Lipinski definition) is 1. The Hall–Kier alpha value is -1.73. The Bertz CT molecular complexity index is 795. The van der Waals surface area contributed by atoms with Gasteiger partial charge >= 0.3 is 0 Å². The Balaban J connectivity index is 1.75. The van der Waals surface area contributed by atoms with E-state index in [1.54, 1.807) is 12.1 Å². The number of hydrogen-bond acceptors (Lipinski definition) is 4. The van der Waals surface area contributed by atoms with Crippen molar-refractivity contribution >= 4 is 10.1 Å². The second-order valence-corrected chi connectivity index (χ2v) is 7.70. The molecule has 1 heterocycles. The summed E-state index contributed by atoms with van der Waals surface area (Å²) in [5.74, 6) is 0. The summed E-state index contributed by atoms with van der Waals surface area (Å²) in [5.41, 5.74) is 3.22. The molecule has 0 bridgehead atoms. The molecular formula is C18H22N2O3S. The minimum atomic E-state index is -4.14. The van der Waals surface area contributed by atoms with Gasteiger partial charge in [-0.25, -0.2) is 0 Å². The fraction of sp³-hybridized carbons (Fsp3) is 0.333. The summed E-state index contributed by atoms with van der Waals surface area (Å²) in [7, 11) is -2.00. The number of nitrogens with zero attached hydrogens (tertiary/aromatic N) is 2. The largest absolute Gasteiger partial charge is 0.304 e.